The van der Waals surface area contributed by atoms with Gasteiger partial charge >= 0.3 is 0 Å². The number of rotatable bonds is 4. The molecule has 0 aromatic heterocycles. The Morgan fingerprint density at radius 2 is 1.44 bits per heavy atom. The van der Waals surface area contributed by atoms with Crippen LogP contribution in [0, 0.1) is 0 Å². The predicted octanol–water partition coefficient (Wildman–Crippen LogP) is 4.58. The van der Waals surface area contributed by atoms with Crippen LogP contribution in [0.2, 0.25) is 0 Å². The molecular weight excluding hydrogens is 330 g/mol. The first-order valence-electron chi connectivity index (χ1n) is 8.16. The third-order valence-corrected chi connectivity index (χ3v) is 8.94. The quantitative estimate of drug-likeness (QED) is 0.840. The number of hydrogen-bond donors (Lipinski definition) is 2. The second-order valence-electron chi connectivity index (χ2n) is 6.59. The maximum absolute atomic E-state index is 9.98. The first-order chi connectivity index (χ1) is 11.8. The lowest BCUT2D eigenvalue weighted by Crippen LogP contribution is -2.24. The average Bonchev–Trinajstić information content (AvgIpc) is 2.62. The second-order valence-corrected chi connectivity index (χ2v) is 10.6. The summed E-state index contributed by atoms with van der Waals surface area (Å²) in [4.78, 5) is 12.9. The van der Waals surface area contributed by atoms with Crippen LogP contribution in [0.3, 0.4) is 0 Å². The molecule has 2 N–H and O–H groups in total. The van der Waals surface area contributed by atoms with Gasteiger partial charge in [0, 0.05) is 0 Å². The Morgan fingerprint density at radius 3 is 1.68 bits per heavy atom. The molecule has 136 valence electrons. The first-order valence-corrected chi connectivity index (χ1v) is 10.2. The fourth-order valence-electron chi connectivity index (χ4n) is 2.39. The van der Waals surface area contributed by atoms with Gasteiger partial charge in [0.05, 0.1) is 0 Å². The Kier molecular flexibility index (Phi) is 7.94. The van der Waals surface area contributed by atoms with Gasteiger partial charge in [-0.25, -0.2) is 0 Å². The van der Waals surface area contributed by atoms with Crippen molar-refractivity contribution in [1.82, 2.24) is 5.32 Å². The molecule has 0 aliphatic rings. The predicted molar refractivity (Wildman–Crippen MR) is 108 cm³/mol. The van der Waals surface area contributed by atoms with Crippen LogP contribution in [0.1, 0.15) is 20.8 Å². The van der Waals surface area contributed by atoms with Crippen molar-refractivity contribution in [2.24, 2.45) is 0 Å². The average molecular weight is 360 g/mol. The molecule has 0 heterocycles. The van der Waals surface area contributed by atoms with Crippen molar-refractivity contribution in [1.29, 1.82) is 0 Å². The number of aliphatic hydroxyl groups excluding tert-OH is 1. The fraction of sp³-hybridized carbons (Fsp3) is 0.286. The minimum Gasteiger partial charge on any atom is -0.387 e. The zero-order valence-electron chi connectivity index (χ0n) is 15.5. The molecule has 0 unspecified atom stereocenters. The van der Waals surface area contributed by atoms with Crippen LogP contribution < -0.4 is 5.32 Å². The largest absolute Gasteiger partial charge is 0.387 e. The first kappa shape index (κ1) is 21.0. The Balaban J connectivity index is 0.000000381. The summed E-state index contributed by atoms with van der Waals surface area (Å²) in [7, 11) is -1.01. The normalized spacial score (nSPS) is 11.7. The number of amides is 1. The van der Waals surface area contributed by atoms with E-state index in [1.807, 2.05) is 0 Å². The number of benzene rings is 2. The number of carbonyl (C=O) groups is 1. The van der Waals surface area contributed by atoms with Crippen LogP contribution in [-0.4, -0.2) is 28.6 Å². The molecule has 4 heteroatoms. The number of hydrogen-bond acceptors (Lipinski definition) is 2. The van der Waals surface area contributed by atoms with E-state index in [1.165, 1.54) is 16.0 Å². The molecule has 0 aliphatic carbocycles. The van der Waals surface area contributed by atoms with Crippen LogP contribution in [0.15, 0.2) is 83.2 Å². The van der Waals surface area contributed by atoms with Crippen molar-refractivity contribution in [3.05, 3.63) is 73.4 Å². The molecule has 3 nitrogen and oxygen atoms in total. The SMILES string of the molecule is C=CNC(=O)CO.CC(C)(C)S(C)(c1ccccc1)c1ccccc1. The number of nitrogens with one attached hydrogen (secondary N) is 1. The highest BCUT2D eigenvalue weighted by molar-refractivity contribution is 8.34. The van der Waals surface area contributed by atoms with Gasteiger partial charge in [-0.15, -0.1) is 0 Å². The molecule has 0 spiro atoms. The van der Waals surface area contributed by atoms with Crippen LogP contribution in [0.4, 0.5) is 0 Å². The molecule has 0 radical (unpaired) electrons. The topological polar surface area (TPSA) is 49.3 Å². The van der Waals surface area contributed by atoms with Gasteiger partial charge < -0.3 is 10.4 Å². The maximum Gasteiger partial charge on any atom is 0.249 e. The second kappa shape index (κ2) is 9.44. The minimum absolute atomic E-state index is 0.246. The summed E-state index contributed by atoms with van der Waals surface area (Å²) >= 11 is 0. The Labute approximate surface area is 153 Å². The molecule has 0 saturated carbocycles. The molecule has 2 aromatic carbocycles. The van der Waals surface area contributed by atoms with Gasteiger partial charge in [0.15, 0.2) is 0 Å². The van der Waals surface area contributed by atoms with Gasteiger partial charge in [0.1, 0.15) is 6.61 Å². The maximum atomic E-state index is 9.98. The van der Waals surface area contributed by atoms with Gasteiger partial charge in [0.2, 0.25) is 5.91 Å². The third kappa shape index (κ3) is 5.48. The molecule has 2 aromatic rings. The van der Waals surface area contributed by atoms with E-state index in [-0.39, 0.29) is 4.75 Å². The Hall–Kier alpha value is -2.04. The summed E-state index contributed by atoms with van der Waals surface area (Å²) in [5.41, 5.74) is 0. The molecule has 25 heavy (non-hydrogen) atoms. The number of carbonyl (C=O) groups excluding carboxylic acids is 1. The Morgan fingerprint density at radius 1 is 1.04 bits per heavy atom. The third-order valence-electron chi connectivity index (χ3n) is 4.06. The van der Waals surface area contributed by atoms with Crippen molar-refractivity contribution >= 4 is 15.9 Å². The lowest BCUT2D eigenvalue weighted by atomic mass is 10.3. The van der Waals surface area contributed by atoms with E-state index in [0.29, 0.717) is 0 Å². The van der Waals surface area contributed by atoms with E-state index in [0.717, 1.165) is 0 Å². The van der Waals surface area contributed by atoms with Crippen LogP contribution in [0.25, 0.3) is 0 Å². The molecule has 0 saturated heterocycles. The highest BCUT2D eigenvalue weighted by atomic mass is 32.3. The standard InChI is InChI=1S/C17H22S.C4H7NO2/c1-17(2,3)18(4,15-11-7-5-8-12-15)16-13-9-6-10-14-16;1-2-5-4(7)3-6/h5-14H,1-4H3;2,6H,1,3H2,(H,5,7). The van der Waals surface area contributed by atoms with Crippen molar-refractivity contribution in [2.75, 3.05) is 12.9 Å². The van der Waals surface area contributed by atoms with Crippen molar-refractivity contribution in [2.45, 2.75) is 35.3 Å². The van der Waals surface area contributed by atoms with Gasteiger partial charge in [-0.05, 0) is 51.3 Å². The Bertz CT molecular complexity index is 624. The van der Waals surface area contributed by atoms with E-state index in [2.05, 4.69) is 99.6 Å². The summed E-state index contributed by atoms with van der Waals surface area (Å²) in [6.45, 7) is 9.77. The van der Waals surface area contributed by atoms with Crippen molar-refractivity contribution in [3.8, 4) is 0 Å². The highest BCUT2D eigenvalue weighted by Crippen LogP contribution is 2.67. The zero-order valence-corrected chi connectivity index (χ0v) is 16.3. The summed E-state index contributed by atoms with van der Waals surface area (Å²) < 4.78 is 0.246. The zero-order chi connectivity index (χ0) is 18.9. The lowest BCUT2D eigenvalue weighted by Gasteiger charge is -2.48. The summed E-state index contributed by atoms with van der Waals surface area (Å²) in [6, 6.07) is 21.9. The highest BCUT2D eigenvalue weighted by Gasteiger charge is 2.35. The van der Waals surface area contributed by atoms with Crippen LogP contribution >= 0.6 is 10.0 Å². The fourth-order valence-corrected chi connectivity index (χ4v) is 5.48. The van der Waals surface area contributed by atoms with Crippen LogP contribution in [-0.2, 0) is 4.79 Å². The molecule has 0 atom stereocenters. The van der Waals surface area contributed by atoms with E-state index in [9.17, 15) is 4.79 Å². The summed E-state index contributed by atoms with van der Waals surface area (Å²) in [5, 5.41) is 10.2. The molecule has 0 fully saturated rings. The van der Waals surface area contributed by atoms with Crippen LogP contribution in [0.5, 0.6) is 0 Å². The molecule has 0 aliphatic heterocycles. The van der Waals surface area contributed by atoms with Gasteiger partial charge in [0.25, 0.3) is 0 Å². The van der Waals surface area contributed by atoms with Crippen molar-refractivity contribution in [3.63, 3.8) is 0 Å². The van der Waals surface area contributed by atoms with E-state index >= 15 is 0 Å². The molecule has 2 rings (SSSR count). The van der Waals surface area contributed by atoms with Gasteiger partial charge in [-0.3, -0.25) is 4.79 Å². The van der Waals surface area contributed by atoms with E-state index < -0.39 is 22.5 Å². The molecule has 0 bridgehead atoms. The lowest BCUT2D eigenvalue weighted by molar-refractivity contribution is -0.122. The summed E-state index contributed by atoms with van der Waals surface area (Å²) in [5.74, 6) is -0.435. The van der Waals surface area contributed by atoms with E-state index in [4.69, 9.17) is 5.11 Å². The minimum atomic E-state index is -1.01. The molecule has 1 amide bonds. The van der Waals surface area contributed by atoms with Gasteiger partial charge in [-0.1, -0.05) is 63.7 Å². The number of aliphatic hydroxyl groups is 1. The van der Waals surface area contributed by atoms with Crippen molar-refractivity contribution < 1.29 is 9.90 Å². The molecular formula is C21H29NO2S. The smallest absolute Gasteiger partial charge is 0.249 e. The monoisotopic (exact) mass is 359 g/mol. The van der Waals surface area contributed by atoms with E-state index in [1.54, 1.807) is 0 Å². The summed E-state index contributed by atoms with van der Waals surface area (Å²) in [6.07, 6.45) is 3.65. The van der Waals surface area contributed by atoms with Gasteiger partial charge in [-0.2, -0.15) is 10.0 Å².